The third kappa shape index (κ3) is 4.98. The van der Waals surface area contributed by atoms with Gasteiger partial charge in [-0.1, -0.05) is 43.7 Å². The summed E-state index contributed by atoms with van der Waals surface area (Å²) >= 11 is 0. The van der Waals surface area contributed by atoms with Gasteiger partial charge in [0.2, 0.25) is 5.91 Å². The van der Waals surface area contributed by atoms with Crippen molar-refractivity contribution in [2.75, 3.05) is 0 Å². The van der Waals surface area contributed by atoms with E-state index in [9.17, 15) is 4.79 Å². The van der Waals surface area contributed by atoms with Crippen LogP contribution < -0.4 is 0 Å². The molecular formula is C21H30N2O. The molecule has 0 aliphatic rings. The maximum Gasteiger partial charge on any atom is 0.223 e. The molecule has 1 aromatic carbocycles. The molecule has 0 saturated carbocycles. The van der Waals surface area contributed by atoms with E-state index in [0.29, 0.717) is 18.9 Å². The van der Waals surface area contributed by atoms with Crippen LogP contribution in [0.1, 0.15) is 50.9 Å². The molecule has 130 valence electrons. The fraction of sp³-hybridized carbons (Fsp3) is 0.476. The lowest BCUT2D eigenvalue weighted by Gasteiger charge is -2.28. The van der Waals surface area contributed by atoms with Crippen molar-refractivity contribution in [2.24, 2.45) is 5.92 Å². The molecule has 2 rings (SSSR count). The van der Waals surface area contributed by atoms with E-state index in [1.807, 2.05) is 4.90 Å². The number of rotatable bonds is 7. The first-order chi connectivity index (χ1) is 11.4. The molecule has 24 heavy (non-hydrogen) atoms. The number of amides is 1. The summed E-state index contributed by atoms with van der Waals surface area (Å²) < 4.78 is 2.24. The normalized spacial score (nSPS) is 11.3. The molecule has 0 spiro atoms. The highest BCUT2D eigenvalue weighted by Gasteiger charge is 2.19. The lowest BCUT2D eigenvalue weighted by atomic mass is 10.1. The van der Waals surface area contributed by atoms with Crippen LogP contribution in [-0.4, -0.2) is 21.4 Å². The van der Waals surface area contributed by atoms with E-state index < -0.39 is 0 Å². The monoisotopic (exact) mass is 326 g/mol. The summed E-state index contributed by atoms with van der Waals surface area (Å²) in [6.07, 6.45) is 2.71. The molecule has 0 bridgehead atoms. The predicted molar refractivity (Wildman–Crippen MR) is 99.9 cm³/mol. The molecule has 2 aromatic rings. The summed E-state index contributed by atoms with van der Waals surface area (Å²) in [5, 5.41) is 0. The summed E-state index contributed by atoms with van der Waals surface area (Å²) in [6, 6.07) is 13.0. The summed E-state index contributed by atoms with van der Waals surface area (Å²) in [5.41, 5.74) is 3.74. The summed E-state index contributed by atoms with van der Waals surface area (Å²) in [4.78, 5) is 14.5. The van der Waals surface area contributed by atoms with Gasteiger partial charge in [0, 0.05) is 30.9 Å². The third-order valence-corrected chi connectivity index (χ3v) is 4.26. The Morgan fingerprint density at radius 2 is 1.75 bits per heavy atom. The van der Waals surface area contributed by atoms with Gasteiger partial charge in [0.1, 0.15) is 0 Å². The van der Waals surface area contributed by atoms with Crippen LogP contribution in [0.15, 0.2) is 42.6 Å². The smallest absolute Gasteiger partial charge is 0.223 e. The zero-order valence-corrected chi connectivity index (χ0v) is 15.6. The van der Waals surface area contributed by atoms with Crippen LogP contribution in [0, 0.1) is 12.8 Å². The average Bonchev–Trinajstić information content (AvgIpc) is 2.93. The highest BCUT2D eigenvalue weighted by molar-refractivity contribution is 5.76. The number of aromatic nitrogens is 1. The number of carbonyl (C=O) groups is 1. The van der Waals surface area contributed by atoms with Crippen LogP contribution in [0.2, 0.25) is 0 Å². The summed E-state index contributed by atoms with van der Waals surface area (Å²) in [5.74, 6) is 0.626. The van der Waals surface area contributed by atoms with Crippen LogP contribution in [0.4, 0.5) is 0 Å². The Balaban J connectivity index is 2.12. The van der Waals surface area contributed by atoms with Gasteiger partial charge in [-0.25, -0.2) is 0 Å². The van der Waals surface area contributed by atoms with Crippen LogP contribution in [-0.2, 0) is 17.9 Å². The van der Waals surface area contributed by atoms with Gasteiger partial charge in [-0.15, -0.1) is 0 Å². The van der Waals surface area contributed by atoms with Crippen molar-refractivity contribution in [1.29, 1.82) is 0 Å². The van der Waals surface area contributed by atoms with Crippen molar-refractivity contribution in [3.63, 3.8) is 0 Å². The largest absolute Gasteiger partial charge is 0.345 e. The van der Waals surface area contributed by atoms with Crippen LogP contribution >= 0.6 is 0 Å². The fourth-order valence-corrected chi connectivity index (χ4v) is 2.84. The second-order valence-electron chi connectivity index (χ2n) is 7.33. The molecule has 0 aliphatic carbocycles. The molecule has 0 saturated heterocycles. The molecule has 0 atom stereocenters. The Bertz CT molecular complexity index is 653. The first kappa shape index (κ1) is 18.3. The van der Waals surface area contributed by atoms with Crippen LogP contribution in [0.3, 0.4) is 0 Å². The van der Waals surface area contributed by atoms with E-state index in [0.717, 1.165) is 6.54 Å². The quantitative estimate of drug-likeness (QED) is 0.728. The molecular weight excluding hydrogens is 296 g/mol. The molecule has 1 amide bonds. The van der Waals surface area contributed by atoms with Crippen LogP contribution in [0.5, 0.6) is 0 Å². The third-order valence-electron chi connectivity index (χ3n) is 4.26. The summed E-state index contributed by atoms with van der Waals surface area (Å²) in [7, 11) is 0. The lowest BCUT2D eigenvalue weighted by molar-refractivity contribution is -0.134. The highest BCUT2D eigenvalue weighted by atomic mass is 16.2. The van der Waals surface area contributed by atoms with Crippen molar-refractivity contribution in [1.82, 2.24) is 9.47 Å². The molecule has 0 unspecified atom stereocenters. The van der Waals surface area contributed by atoms with Gasteiger partial charge in [0.25, 0.3) is 0 Å². The van der Waals surface area contributed by atoms with Gasteiger partial charge in [-0.3, -0.25) is 4.79 Å². The minimum Gasteiger partial charge on any atom is -0.345 e. The van der Waals surface area contributed by atoms with Crippen LogP contribution in [0.25, 0.3) is 0 Å². The number of benzene rings is 1. The topological polar surface area (TPSA) is 25.2 Å². The molecule has 3 nitrogen and oxygen atoms in total. The second kappa shape index (κ2) is 8.18. The number of hydrogen-bond donors (Lipinski definition) is 0. The maximum atomic E-state index is 12.5. The van der Waals surface area contributed by atoms with E-state index in [-0.39, 0.29) is 11.9 Å². The summed E-state index contributed by atoms with van der Waals surface area (Å²) in [6.45, 7) is 12.0. The standard InChI is InChI=1S/C21H30N2O/c1-16(2)13-21(24)23(17(3)4)15-20-7-6-12-22(20)14-19-10-8-18(5)9-11-19/h6-12,16-17H,13-15H2,1-5H3. The Hall–Kier alpha value is -2.03. The van der Waals surface area contributed by atoms with E-state index in [1.54, 1.807) is 0 Å². The first-order valence-corrected chi connectivity index (χ1v) is 8.86. The second-order valence-corrected chi connectivity index (χ2v) is 7.33. The molecule has 1 heterocycles. The molecule has 1 aromatic heterocycles. The minimum atomic E-state index is 0.207. The minimum absolute atomic E-state index is 0.207. The van der Waals surface area contributed by atoms with Crippen molar-refractivity contribution in [2.45, 2.75) is 60.2 Å². The van der Waals surface area contributed by atoms with E-state index in [4.69, 9.17) is 0 Å². The van der Waals surface area contributed by atoms with Gasteiger partial charge < -0.3 is 9.47 Å². The van der Waals surface area contributed by atoms with Gasteiger partial charge in [0.15, 0.2) is 0 Å². The first-order valence-electron chi connectivity index (χ1n) is 8.86. The van der Waals surface area contributed by atoms with E-state index >= 15 is 0 Å². The fourth-order valence-electron chi connectivity index (χ4n) is 2.84. The molecule has 0 N–H and O–H groups in total. The van der Waals surface area contributed by atoms with Crippen molar-refractivity contribution < 1.29 is 4.79 Å². The highest BCUT2D eigenvalue weighted by Crippen LogP contribution is 2.15. The molecule has 3 heteroatoms. The van der Waals surface area contributed by atoms with Gasteiger partial charge in [0.05, 0.1) is 6.54 Å². The van der Waals surface area contributed by atoms with Crippen molar-refractivity contribution in [3.05, 3.63) is 59.4 Å². The van der Waals surface area contributed by atoms with Gasteiger partial charge in [-0.2, -0.15) is 0 Å². The maximum absolute atomic E-state index is 12.5. The van der Waals surface area contributed by atoms with E-state index in [1.165, 1.54) is 16.8 Å². The zero-order valence-electron chi connectivity index (χ0n) is 15.6. The number of carbonyl (C=O) groups excluding carboxylic acids is 1. The lowest BCUT2D eigenvalue weighted by Crippen LogP contribution is -2.37. The Morgan fingerprint density at radius 3 is 2.33 bits per heavy atom. The molecule has 0 fully saturated rings. The number of nitrogens with zero attached hydrogens (tertiary/aromatic N) is 2. The average molecular weight is 326 g/mol. The number of aryl methyl sites for hydroxylation is 1. The Labute approximate surface area is 146 Å². The predicted octanol–water partition coefficient (Wildman–Crippen LogP) is 4.63. The van der Waals surface area contributed by atoms with Crippen molar-refractivity contribution in [3.8, 4) is 0 Å². The van der Waals surface area contributed by atoms with E-state index in [2.05, 4.69) is 81.8 Å². The number of hydrogen-bond acceptors (Lipinski definition) is 1. The molecule has 0 aliphatic heterocycles. The van der Waals surface area contributed by atoms with Crippen molar-refractivity contribution >= 4 is 5.91 Å². The zero-order chi connectivity index (χ0) is 17.7. The molecule has 0 radical (unpaired) electrons. The van der Waals surface area contributed by atoms with Gasteiger partial charge >= 0.3 is 0 Å². The Kier molecular flexibility index (Phi) is 6.24. The Morgan fingerprint density at radius 1 is 1.08 bits per heavy atom. The SMILES string of the molecule is Cc1ccc(Cn2cccc2CN(C(=O)CC(C)C)C(C)C)cc1. The van der Waals surface area contributed by atoms with Gasteiger partial charge in [-0.05, 0) is 44.4 Å².